The number of hydrogen-bond donors (Lipinski definition) is 1. The number of nitrogens with one attached hydrogen (secondary N) is 1. The van der Waals surface area contributed by atoms with Gasteiger partial charge in [-0.05, 0) is 56.6 Å². The van der Waals surface area contributed by atoms with Crippen LogP contribution in [-0.2, 0) is 18.8 Å². The molecule has 0 aliphatic rings. The number of hydrogen-bond acceptors (Lipinski definition) is 1. The molecular formula is C13H15F6N. The summed E-state index contributed by atoms with van der Waals surface area (Å²) in [7, 11) is 1.73. The number of unbranched alkanes of at least 4 members (excludes halogenated alkanes) is 1. The van der Waals surface area contributed by atoms with Crippen LogP contribution in [0.15, 0.2) is 18.2 Å². The maximum atomic E-state index is 12.6. The normalized spacial score (nSPS) is 12.8. The second-order valence-electron chi connectivity index (χ2n) is 4.47. The van der Waals surface area contributed by atoms with Gasteiger partial charge in [0.2, 0.25) is 0 Å². The molecule has 0 aliphatic heterocycles. The lowest BCUT2D eigenvalue weighted by molar-refractivity contribution is -0.143. The van der Waals surface area contributed by atoms with Crippen molar-refractivity contribution in [2.75, 3.05) is 13.6 Å². The van der Waals surface area contributed by atoms with E-state index in [1.165, 1.54) is 0 Å². The molecule has 114 valence electrons. The first-order chi connectivity index (χ1) is 9.14. The third-order valence-corrected chi connectivity index (χ3v) is 2.79. The average Bonchev–Trinajstić information content (AvgIpc) is 2.32. The van der Waals surface area contributed by atoms with Crippen LogP contribution in [0.1, 0.15) is 29.5 Å². The predicted octanol–water partition coefficient (Wildman–Crippen LogP) is 4.27. The van der Waals surface area contributed by atoms with E-state index in [2.05, 4.69) is 5.32 Å². The summed E-state index contributed by atoms with van der Waals surface area (Å²) in [6.07, 6.45) is -8.15. The molecule has 0 saturated carbocycles. The second kappa shape index (κ2) is 6.47. The molecule has 0 amide bonds. The molecule has 0 aromatic heterocycles. The quantitative estimate of drug-likeness (QED) is 0.632. The van der Waals surface area contributed by atoms with Crippen molar-refractivity contribution in [1.29, 1.82) is 0 Å². The molecule has 0 aliphatic carbocycles. The van der Waals surface area contributed by atoms with Crippen molar-refractivity contribution >= 4 is 0 Å². The highest BCUT2D eigenvalue weighted by Crippen LogP contribution is 2.36. The van der Waals surface area contributed by atoms with E-state index in [9.17, 15) is 26.3 Å². The lowest BCUT2D eigenvalue weighted by atomic mass is 10.0. The highest BCUT2D eigenvalue weighted by molar-refractivity contribution is 5.33. The zero-order valence-electron chi connectivity index (χ0n) is 10.8. The SMILES string of the molecule is CNCCCCc1cc(C(F)(F)F)cc(C(F)(F)F)c1. The van der Waals surface area contributed by atoms with Crippen LogP contribution >= 0.6 is 0 Å². The van der Waals surface area contributed by atoms with Crippen molar-refractivity contribution in [3.8, 4) is 0 Å². The second-order valence-corrected chi connectivity index (χ2v) is 4.47. The number of rotatable bonds is 5. The lowest BCUT2D eigenvalue weighted by Crippen LogP contribution is -2.12. The molecule has 1 aromatic rings. The average molecular weight is 299 g/mol. The van der Waals surface area contributed by atoms with Gasteiger partial charge < -0.3 is 5.32 Å². The summed E-state index contributed by atoms with van der Waals surface area (Å²) in [5.74, 6) is 0. The van der Waals surface area contributed by atoms with Crippen LogP contribution in [0.25, 0.3) is 0 Å². The fraction of sp³-hybridized carbons (Fsp3) is 0.538. The zero-order valence-corrected chi connectivity index (χ0v) is 10.8. The maximum Gasteiger partial charge on any atom is 0.416 e. The van der Waals surface area contributed by atoms with Gasteiger partial charge in [-0.15, -0.1) is 0 Å². The molecule has 0 atom stereocenters. The first kappa shape index (κ1) is 16.8. The highest BCUT2D eigenvalue weighted by Gasteiger charge is 2.36. The van der Waals surface area contributed by atoms with Gasteiger partial charge in [0.05, 0.1) is 11.1 Å². The van der Waals surface area contributed by atoms with Gasteiger partial charge in [0.1, 0.15) is 0 Å². The van der Waals surface area contributed by atoms with Gasteiger partial charge in [0.25, 0.3) is 0 Å². The van der Waals surface area contributed by atoms with Crippen LogP contribution in [-0.4, -0.2) is 13.6 Å². The van der Waals surface area contributed by atoms with Gasteiger partial charge in [-0.25, -0.2) is 0 Å². The molecule has 0 radical (unpaired) electrons. The van der Waals surface area contributed by atoms with E-state index in [4.69, 9.17) is 0 Å². The van der Waals surface area contributed by atoms with E-state index >= 15 is 0 Å². The third-order valence-electron chi connectivity index (χ3n) is 2.79. The van der Waals surface area contributed by atoms with E-state index < -0.39 is 23.5 Å². The Morgan fingerprint density at radius 1 is 0.850 bits per heavy atom. The number of alkyl halides is 6. The van der Waals surface area contributed by atoms with Gasteiger partial charge in [-0.2, -0.15) is 26.3 Å². The lowest BCUT2D eigenvalue weighted by Gasteiger charge is -2.14. The van der Waals surface area contributed by atoms with Gasteiger partial charge in [-0.1, -0.05) is 0 Å². The zero-order chi connectivity index (χ0) is 15.4. The minimum absolute atomic E-state index is 0.0586. The highest BCUT2D eigenvalue weighted by atomic mass is 19.4. The van der Waals surface area contributed by atoms with Gasteiger partial charge >= 0.3 is 12.4 Å². The van der Waals surface area contributed by atoms with Crippen LogP contribution in [0.4, 0.5) is 26.3 Å². The smallest absolute Gasteiger partial charge is 0.320 e. The predicted molar refractivity (Wildman–Crippen MR) is 63.3 cm³/mol. The summed E-state index contributed by atoms with van der Waals surface area (Å²) in [5.41, 5.74) is -2.45. The minimum atomic E-state index is -4.78. The Bertz CT molecular complexity index is 403. The summed E-state index contributed by atoms with van der Waals surface area (Å²) in [6, 6.07) is 1.72. The van der Waals surface area contributed by atoms with Crippen molar-refractivity contribution in [1.82, 2.24) is 5.32 Å². The summed E-state index contributed by atoms with van der Waals surface area (Å²) >= 11 is 0. The Hall–Kier alpha value is -1.24. The molecule has 0 spiro atoms. The van der Waals surface area contributed by atoms with Crippen LogP contribution < -0.4 is 5.32 Å². The monoisotopic (exact) mass is 299 g/mol. The van der Waals surface area contributed by atoms with Crippen molar-refractivity contribution in [2.24, 2.45) is 0 Å². The largest absolute Gasteiger partial charge is 0.416 e. The molecule has 7 heteroatoms. The molecule has 1 nitrogen and oxygen atoms in total. The number of benzene rings is 1. The van der Waals surface area contributed by atoms with Crippen molar-refractivity contribution in [2.45, 2.75) is 31.6 Å². The molecular weight excluding hydrogens is 284 g/mol. The summed E-state index contributed by atoms with van der Waals surface area (Å²) < 4.78 is 75.6. The van der Waals surface area contributed by atoms with Crippen molar-refractivity contribution in [3.63, 3.8) is 0 Å². The molecule has 0 bridgehead atoms. The minimum Gasteiger partial charge on any atom is -0.320 e. The Morgan fingerprint density at radius 3 is 1.75 bits per heavy atom. The maximum absolute atomic E-state index is 12.6. The Morgan fingerprint density at radius 2 is 1.35 bits per heavy atom. The molecule has 1 N–H and O–H groups in total. The fourth-order valence-corrected chi connectivity index (χ4v) is 1.79. The van der Waals surface area contributed by atoms with E-state index in [1.807, 2.05) is 0 Å². The van der Waals surface area contributed by atoms with Gasteiger partial charge in [0.15, 0.2) is 0 Å². The molecule has 0 unspecified atom stereocenters. The fourth-order valence-electron chi connectivity index (χ4n) is 1.79. The van der Waals surface area contributed by atoms with Crippen molar-refractivity contribution in [3.05, 3.63) is 34.9 Å². The number of halogens is 6. The number of aryl methyl sites for hydroxylation is 1. The molecule has 1 aromatic carbocycles. The molecule has 0 heterocycles. The molecule has 1 rings (SSSR count). The van der Waals surface area contributed by atoms with E-state index in [0.29, 0.717) is 19.4 Å². The topological polar surface area (TPSA) is 12.0 Å². The van der Waals surface area contributed by atoms with Gasteiger partial charge in [-0.3, -0.25) is 0 Å². The first-order valence-corrected chi connectivity index (χ1v) is 6.07. The van der Waals surface area contributed by atoms with Crippen LogP contribution in [0.3, 0.4) is 0 Å². The molecule has 0 fully saturated rings. The molecule has 0 saturated heterocycles. The first-order valence-electron chi connectivity index (χ1n) is 6.07. The van der Waals surface area contributed by atoms with E-state index in [0.717, 1.165) is 12.1 Å². The van der Waals surface area contributed by atoms with Gasteiger partial charge in [0, 0.05) is 0 Å². The standard InChI is InChI=1S/C13H15F6N/c1-20-5-3-2-4-9-6-10(12(14,15)16)8-11(7-9)13(17,18)19/h6-8,20H,2-5H2,1H3. The van der Waals surface area contributed by atoms with Crippen LogP contribution in [0.5, 0.6) is 0 Å². The Kier molecular flexibility index (Phi) is 5.44. The van der Waals surface area contributed by atoms with E-state index in [1.54, 1.807) is 7.05 Å². The van der Waals surface area contributed by atoms with E-state index in [-0.39, 0.29) is 18.1 Å². The third kappa shape index (κ3) is 5.03. The Balaban J connectivity index is 2.99. The summed E-state index contributed by atoms with van der Waals surface area (Å²) in [4.78, 5) is 0. The van der Waals surface area contributed by atoms with Crippen molar-refractivity contribution < 1.29 is 26.3 Å². The van der Waals surface area contributed by atoms with Crippen LogP contribution in [0.2, 0.25) is 0 Å². The summed E-state index contributed by atoms with van der Waals surface area (Å²) in [5, 5.41) is 2.87. The molecule has 20 heavy (non-hydrogen) atoms. The Labute approximate surface area is 113 Å². The summed E-state index contributed by atoms with van der Waals surface area (Å²) in [6.45, 7) is 0.672. The van der Waals surface area contributed by atoms with Crippen LogP contribution in [0, 0.1) is 0 Å².